The number of hydrogen-bond donors (Lipinski definition) is 0. The van der Waals surface area contributed by atoms with Crippen molar-refractivity contribution in [2.24, 2.45) is 0 Å². The summed E-state index contributed by atoms with van der Waals surface area (Å²) >= 11 is 5.83. The monoisotopic (exact) mass is 250 g/mol. The van der Waals surface area contributed by atoms with Crippen LogP contribution in [0.25, 0.3) is 0 Å². The van der Waals surface area contributed by atoms with E-state index in [4.69, 9.17) is 16.1 Å². The second-order valence-electron chi connectivity index (χ2n) is 5.07. The van der Waals surface area contributed by atoms with E-state index >= 15 is 0 Å². The fraction of sp³-hybridized carbons (Fsp3) is 0.385. The fourth-order valence-electron chi connectivity index (χ4n) is 1.42. The van der Waals surface area contributed by atoms with Gasteiger partial charge in [0.1, 0.15) is 0 Å². The molecule has 0 bridgehead atoms. The van der Waals surface area contributed by atoms with Crippen molar-refractivity contribution in [1.29, 1.82) is 0 Å². The lowest BCUT2D eigenvalue weighted by Crippen LogP contribution is -2.11. The number of benzene rings is 1. The Bertz CT molecular complexity index is 497. The van der Waals surface area contributed by atoms with Gasteiger partial charge >= 0.3 is 0 Å². The second-order valence-corrected chi connectivity index (χ2v) is 5.51. The topological polar surface area (TPSA) is 38.9 Å². The summed E-state index contributed by atoms with van der Waals surface area (Å²) in [5.74, 6) is 1.37. The summed E-state index contributed by atoms with van der Waals surface area (Å²) < 4.78 is 5.24. The molecule has 2 rings (SSSR count). The lowest BCUT2D eigenvalue weighted by Gasteiger charge is -2.10. The third-order valence-electron chi connectivity index (χ3n) is 2.39. The highest BCUT2D eigenvalue weighted by Gasteiger charge is 2.21. The molecule has 0 radical (unpaired) electrons. The first kappa shape index (κ1) is 12.1. The van der Waals surface area contributed by atoms with E-state index in [2.05, 4.69) is 10.1 Å². The minimum absolute atomic E-state index is 0.106. The summed E-state index contributed by atoms with van der Waals surface area (Å²) in [5.41, 5.74) is 1.02. The molecule has 1 heterocycles. The summed E-state index contributed by atoms with van der Waals surface area (Å²) in [4.78, 5) is 4.39. The minimum atomic E-state index is -0.106. The number of hydrogen-bond acceptors (Lipinski definition) is 3. The maximum absolute atomic E-state index is 5.83. The van der Waals surface area contributed by atoms with Crippen LogP contribution in [0.3, 0.4) is 0 Å². The zero-order valence-electron chi connectivity index (χ0n) is 10.2. The first-order chi connectivity index (χ1) is 7.95. The Morgan fingerprint density at radius 3 is 2.35 bits per heavy atom. The van der Waals surface area contributed by atoms with Crippen molar-refractivity contribution in [3.8, 4) is 0 Å². The standard InChI is InChI=1S/C13H15ClN2O/c1-13(2,3)12-15-11(16-17-12)8-9-4-6-10(14)7-5-9/h4-7H,8H2,1-3H3. The Morgan fingerprint density at radius 2 is 1.82 bits per heavy atom. The highest BCUT2D eigenvalue weighted by atomic mass is 35.5. The zero-order chi connectivity index (χ0) is 12.5. The van der Waals surface area contributed by atoms with Crippen molar-refractivity contribution >= 4 is 11.6 Å². The molecule has 4 heteroatoms. The quantitative estimate of drug-likeness (QED) is 0.817. The van der Waals surface area contributed by atoms with E-state index in [1.807, 2.05) is 45.0 Å². The van der Waals surface area contributed by atoms with Gasteiger partial charge in [-0.15, -0.1) is 0 Å². The van der Waals surface area contributed by atoms with Gasteiger partial charge in [0.25, 0.3) is 0 Å². The van der Waals surface area contributed by atoms with Gasteiger partial charge in [0.15, 0.2) is 5.82 Å². The van der Waals surface area contributed by atoms with Gasteiger partial charge in [-0.05, 0) is 17.7 Å². The lowest BCUT2D eigenvalue weighted by molar-refractivity contribution is 0.318. The Labute approximate surface area is 106 Å². The van der Waals surface area contributed by atoms with Gasteiger partial charge in [-0.25, -0.2) is 0 Å². The molecule has 1 aromatic heterocycles. The molecule has 17 heavy (non-hydrogen) atoms. The molecule has 0 fully saturated rings. The third kappa shape index (κ3) is 3.07. The van der Waals surface area contributed by atoms with Crippen molar-refractivity contribution in [2.75, 3.05) is 0 Å². The predicted octanol–water partition coefficient (Wildman–Crippen LogP) is 3.61. The zero-order valence-corrected chi connectivity index (χ0v) is 11.0. The van der Waals surface area contributed by atoms with E-state index in [1.165, 1.54) is 0 Å². The molecule has 0 unspecified atom stereocenters. The van der Waals surface area contributed by atoms with Gasteiger partial charge in [0, 0.05) is 16.9 Å². The van der Waals surface area contributed by atoms with Gasteiger partial charge in [0.05, 0.1) is 0 Å². The van der Waals surface area contributed by atoms with Crippen LogP contribution in [0.4, 0.5) is 0 Å². The molecule has 2 aromatic rings. The van der Waals surface area contributed by atoms with E-state index < -0.39 is 0 Å². The summed E-state index contributed by atoms with van der Waals surface area (Å²) in [6.45, 7) is 6.14. The van der Waals surface area contributed by atoms with E-state index in [1.54, 1.807) is 0 Å². The normalized spacial score (nSPS) is 11.8. The summed E-state index contributed by atoms with van der Waals surface area (Å²) in [6.07, 6.45) is 0.663. The van der Waals surface area contributed by atoms with Crippen LogP contribution in [-0.4, -0.2) is 10.1 Å². The molecule has 0 spiro atoms. The van der Waals surface area contributed by atoms with Crippen LogP contribution >= 0.6 is 11.6 Å². The van der Waals surface area contributed by atoms with Crippen molar-refractivity contribution in [3.05, 3.63) is 46.6 Å². The minimum Gasteiger partial charge on any atom is -0.339 e. The molecule has 0 atom stereocenters. The van der Waals surface area contributed by atoms with E-state index in [9.17, 15) is 0 Å². The Morgan fingerprint density at radius 1 is 1.18 bits per heavy atom. The molecule has 0 amide bonds. The van der Waals surface area contributed by atoms with Gasteiger partial charge in [0.2, 0.25) is 5.89 Å². The lowest BCUT2D eigenvalue weighted by atomic mass is 9.97. The summed E-state index contributed by atoms with van der Waals surface area (Å²) in [6, 6.07) is 7.66. The smallest absolute Gasteiger partial charge is 0.232 e. The maximum Gasteiger partial charge on any atom is 0.232 e. The molecule has 0 saturated heterocycles. The summed E-state index contributed by atoms with van der Waals surface area (Å²) in [5, 5.41) is 4.71. The Balaban J connectivity index is 2.14. The van der Waals surface area contributed by atoms with Crippen LogP contribution in [0.5, 0.6) is 0 Å². The van der Waals surface area contributed by atoms with Gasteiger partial charge in [-0.2, -0.15) is 4.98 Å². The van der Waals surface area contributed by atoms with E-state index in [-0.39, 0.29) is 5.41 Å². The number of rotatable bonds is 2. The van der Waals surface area contributed by atoms with Crippen LogP contribution in [0.2, 0.25) is 5.02 Å². The fourth-order valence-corrected chi connectivity index (χ4v) is 1.54. The average molecular weight is 251 g/mol. The molecule has 0 aliphatic rings. The second kappa shape index (κ2) is 4.49. The highest BCUT2D eigenvalue weighted by molar-refractivity contribution is 6.30. The Hall–Kier alpha value is -1.35. The van der Waals surface area contributed by atoms with Gasteiger partial charge < -0.3 is 4.52 Å². The molecule has 0 N–H and O–H groups in total. The van der Waals surface area contributed by atoms with Gasteiger partial charge in [-0.1, -0.05) is 49.7 Å². The van der Waals surface area contributed by atoms with Crippen LogP contribution in [0.1, 0.15) is 38.0 Å². The number of halogens is 1. The van der Waals surface area contributed by atoms with E-state index in [0.29, 0.717) is 18.1 Å². The molecule has 3 nitrogen and oxygen atoms in total. The van der Waals surface area contributed by atoms with Crippen LogP contribution in [-0.2, 0) is 11.8 Å². The SMILES string of the molecule is CC(C)(C)c1nc(Cc2ccc(Cl)cc2)no1. The van der Waals surface area contributed by atoms with Crippen molar-refractivity contribution in [1.82, 2.24) is 10.1 Å². The maximum atomic E-state index is 5.83. The van der Waals surface area contributed by atoms with E-state index in [0.717, 1.165) is 10.6 Å². The average Bonchev–Trinajstić information content (AvgIpc) is 2.69. The first-order valence-corrected chi connectivity index (χ1v) is 5.90. The number of aromatic nitrogens is 2. The Kier molecular flexibility index (Phi) is 3.20. The summed E-state index contributed by atoms with van der Waals surface area (Å²) in [7, 11) is 0. The molecule has 0 aliphatic carbocycles. The number of nitrogens with zero attached hydrogens (tertiary/aromatic N) is 2. The molecular formula is C13H15ClN2O. The highest BCUT2D eigenvalue weighted by Crippen LogP contribution is 2.20. The van der Waals surface area contributed by atoms with Crippen molar-refractivity contribution in [2.45, 2.75) is 32.6 Å². The largest absolute Gasteiger partial charge is 0.339 e. The molecule has 0 aliphatic heterocycles. The van der Waals surface area contributed by atoms with Crippen LogP contribution < -0.4 is 0 Å². The molecule has 1 aromatic carbocycles. The molecular weight excluding hydrogens is 236 g/mol. The molecule has 0 saturated carbocycles. The van der Waals surface area contributed by atoms with Gasteiger partial charge in [-0.3, -0.25) is 0 Å². The van der Waals surface area contributed by atoms with Crippen LogP contribution in [0.15, 0.2) is 28.8 Å². The predicted molar refractivity (Wildman–Crippen MR) is 67.3 cm³/mol. The van der Waals surface area contributed by atoms with Crippen LogP contribution in [0, 0.1) is 0 Å². The first-order valence-electron chi connectivity index (χ1n) is 5.52. The van der Waals surface area contributed by atoms with Crippen molar-refractivity contribution in [3.63, 3.8) is 0 Å². The molecule has 90 valence electrons. The van der Waals surface area contributed by atoms with Crippen molar-refractivity contribution < 1.29 is 4.52 Å². The third-order valence-corrected chi connectivity index (χ3v) is 2.64.